The molecule has 96 valence electrons. The van der Waals surface area contributed by atoms with Crippen molar-refractivity contribution in [2.24, 2.45) is 17.3 Å². The van der Waals surface area contributed by atoms with Crippen LogP contribution in [0.25, 0.3) is 0 Å². The minimum atomic E-state index is -0.429. The van der Waals surface area contributed by atoms with Crippen molar-refractivity contribution in [3.05, 3.63) is 0 Å². The third-order valence-corrected chi connectivity index (χ3v) is 5.96. The van der Waals surface area contributed by atoms with Crippen LogP contribution in [0.3, 0.4) is 0 Å². The Labute approximate surface area is 109 Å². The monoisotopic (exact) mass is 253 g/mol. The van der Waals surface area contributed by atoms with E-state index in [9.17, 15) is 10.4 Å². The van der Waals surface area contributed by atoms with Crippen molar-refractivity contribution in [2.45, 2.75) is 51.6 Å². The van der Waals surface area contributed by atoms with Gasteiger partial charge in [0.2, 0.25) is 0 Å². The van der Waals surface area contributed by atoms with E-state index < -0.39 is 5.41 Å². The summed E-state index contributed by atoms with van der Waals surface area (Å²) in [7, 11) is 0. The third kappa shape index (κ3) is 2.63. The molecule has 0 aromatic heterocycles. The number of thioether (sulfide) groups is 1. The summed E-state index contributed by atoms with van der Waals surface area (Å²) in [6, 6.07) is 2.48. The molecule has 2 nitrogen and oxygen atoms in total. The summed E-state index contributed by atoms with van der Waals surface area (Å²) in [6.45, 7) is 2.23. The molecule has 0 radical (unpaired) electrons. The molecule has 2 fully saturated rings. The Hall–Kier alpha value is -0.200. The number of nitriles is 1. The van der Waals surface area contributed by atoms with Gasteiger partial charge in [-0.05, 0) is 55.4 Å². The van der Waals surface area contributed by atoms with E-state index in [1.54, 1.807) is 0 Å². The molecular weight excluding hydrogens is 230 g/mol. The van der Waals surface area contributed by atoms with E-state index in [-0.39, 0.29) is 6.10 Å². The third-order valence-electron chi connectivity index (χ3n) is 4.78. The van der Waals surface area contributed by atoms with Crippen LogP contribution in [-0.2, 0) is 0 Å². The van der Waals surface area contributed by atoms with Gasteiger partial charge < -0.3 is 5.11 Å². The molecule has 0 bridgehead atoms. The lowest BCUT2D eigenvalue weighted by atomic mass is 9.65. The molecule has 0 amide bonds. The van der Waals surface area contributed by atoms with E-state index in [4.69, 9.17) is 0 Å². The van der Waals surface area contributed by atoms with E-state index in [1.165, 1.54) is 6.42 Å². The van der Waals surface area contributed by atoms with Gasteiger partial charge in [-0.3, -0.25) is 0 Å². The first kappa shape index (κ1) is 13.2. The summed E-state index contributed by atoms with van der Waals surface area (Å²) in [4.78, 5) is 0. The van der Waals surface area contributed by atoms with Crippen LogP contribution < -0.4 is 0 Å². The van der Waals surface area contributed by atoms with Crippen molar-refractivity contribution in [2.75, 3.05) is 11.5 Å². The Bertz CT molecular complexity index is 285. The van der Waals surface area contributed by atoms with Crippen molar-refractivity contribution in [1.82, 2.24) is 0 Å². The average molecular weight is 253 g/mol. The molecule has 0 aromatic carbocycles. The van der Waals surface area contributed by atoms with Gasteiger partial charge >= 0.3 is 0 Å². The number of aliphatic hydroxyl groups is 1. The predicted octanol–water partition coefficient (Wildman–Crippen LogP) is 3.21. The summed E-state index contributed by atoms with van der Waals surface area (Å²) in [5, 5.41) is 20.1. The Morgan fingerprint density at radius 1 is 1.41 bits per heavy atom. The van der Waals surface area contributed by atoms with Gasteiger partial charge in [-0.15, -0.1) is 0 Å². The standard InChI is InChI=1S/C14H23NOS/c1-2-11-3-6-14(10-15,7-4-11)13(16)12-5-8-17-9-12/h11-13,16H,2-9H2,1H3. The van der Waals surface area contributed by atoms with Gasteiger partial charge in [-0.1, -0.05) is 13.3 Å². The minimum Gasteiger partial charge on any atom is -0.391 e. The molecule has 2 unspecified atom stereocenters. The van der Waals surface area contributed by atoms with Gasteiger partial charge in [-0.2, -0.15) is 17.0 Å². The normalized spacial score (nSPS) is 39.8. The van der Waals surface area contributed by atoms with Crippen LogP contribution in [0.5, 0.6) is 0 Å². The number of hydrogen-bond acceptors (Lipinski definition) is 3. The minimum absolute atomic E-state index is 0.359. The van der Waals surface area contributed by atoms with Crippen LogP contribution in [0.4, 0.5) is 0 Å². The van der Waals surface area contributed by atoms with Crippen LogP contribution in [0.1, 0.15) is 45.4 Å². The van der Waals surface area contributed by atoms with Gasteiger partial charge in [0, 0.05) is 0 Å². The molecule has 1 aliphatic carbocycles. The van der Waals surface area contributed by atoms with Crippen LogP contribution >= 0.6 is 11.8 Å². The quantitative estimate of drug-likeness (QED) is 0.840. The SMILES string of the molecule is CCC1CCC(C#N)(C(O)C2CCSC2)CC1. The zero-order chi connectivity index (χ0) is 12.3. The molecule has 1 saturated carbocycles. The number of aliphatic hydroxyl groups excluding tert-OH is 1. The second kappa shape index (κ2) is 5.63. The smallest absolute Gasteiger partial charge is 0.0835 e. The molecule has 1 saturated heterocycles. The highest BCUT2D eigenvalue weighted by molar-refractivity contribution is 7.99. The molecule has 2 atom stereocenters. The maximum absolute atomic E-state index is 10.5. The largest absolute Gasteiger partial charge is 0.391 e. The average Bonchev–Trinajstić information content (AvgIpc) is 2.92. The summed E-state index contributed by atoms with van der Waals surface area (Å²) in [5.41, 5.74) is -0.429. The summed E-state index contributed by atoms with van der Waals surface area (Å²) in [5.74, 6) is 3.34. The summed E-state index contributed by atoms with van der Waals surface area (Å²) in [6.07, 6.45) is 5.99. The first-order valence-electron chi connectivity index (χ1n) is 6.89. The van der Waals surface area contributed by atoms with Crippen molar-refractivity contribution >= 4 is 11.8 Å². The fourth-order valence-electron chi connectivity index (χ4n) is 3.33. The van der Waals surface area contributed by atoms with E-state index in [0.29, 0.717) is 5.92 Å². The van der Waals surface area contributed by atoms with Crippen molar-refractivity contribution in [1.29, 1.82) is 5.26 Å². The van der Waals surface area contributed by atoms with Crippen LogP contribution in [0, 0.1) is 28.6 Å². The van der Waals surface area contributed by atoms with Crippen molar-refractivity contribution in [3.8, 4) is 6.07 Å². The second-order valence-electron chi connectivity index (χ2n) is 5.69. The predicted molar refractivity (Wildman–Crippen MR) is 71.7 cm³/mol. The maximum atomic E-state index is 10.5. The highest BCUT2D eigenvalue weighted by Crippen LogP contribution is 2.46. The molecule has 0 spiro atoms. The van der Waals surface area contributed by atoms with Crippen LogP contribution in [-0.4, -0.2) is 22.7 Å². The lowest BCUT2D eigenvalue weighted by Crippen LogP contribution is -2.42. The van der Waals surface area contributed by atoms with Gasteiger partial charge in [0.05, 0.1) is 17.6 Å². The fourth-order valence-corrected chi connectivity index (χ4v) is 4.62. The number of nitrogens with zero attached hydrogens (tertiary/aromatic N) is 1. The fraction of sp³-hybridized carbons (Fsp3) is 0.929. The highest BCUT2D eigenvalue weighted by Gasteiger charge is 2.45. The molecular formula is C14H23NOS. The summed E-state index contributed by atoms with van der Waals surface area (Å²) < 4.78 is 0. The molecule has 1 heterocycles. The molecule has 1 N–H and O–H groups in total. The topological polar surface area (TPSA) is 44.0 Å². The first-order chi connectivity index (χ1) is 8.22. The Kier molecular flexibility index (Phi) is 4.38. The lowest BCUT2D eigenvalue weighted by molar-refractivity contribution is -0.00827. The van der Waals surface area contributed by atoms with E-state index in [1.807, 2.05) is 11.8 Å². The molecule has 3 heteroatoms. The Morgan fingerprint density at radius 3 is 2.59 bits per heavy atom. The molecule has 17 heavy (non-hydrogen) atoms. The van der Waals surface area contributed by atoms with E-state index in [2.05, 4.69) is 13.0 Å². The van der Waals surface area contributed by atoms with Gasteiger partial charge in [0.25, 0.3) is 0 Å². The molecule has 0 aromatic rings. The zero-order valence-electron chi connectivity index (χ0n) is 10.7. The number of hydrogen-bond donors (Lipinski definition) is 1. The zero-order valence-corrected chi connectivity index (χ0v) is 11.5. The molecule has 2 aliphatic rings. The maximum Gasteiger partial charge on any atom is 0.0835 e. The van der Waals surface area contributed by atoms with Crippen LogP contribution in [0.2, 0.25) is 0 Å². The van der Waals surface area contributed by atoms with Crippen molar-refractivity contribution in [3.63, 3.8) is 0 Å². The Morgan fingerprint density at radius 2 is 2.12 bits per heavy atom. The molecule has 2 rings (SSSR count). The first-order valence-corrected chi connectivity index (χ1v) is 8.04. The summed E-state index contributed by atoms with van der Waals surface area (Å²) >= 11 is 1.92. The Balaban J connectivity index is 2.02. The van der Waals surface area contributed by atoms with Gasteiger partial charge in [0.1, 0.15) is 0 Å². The molecule has 1 aliphatic heterocycles. The van der Waals surface area contributed by atoms with Crippen molar-refractivity contribution < 1.29 is 5.11 Å². The highest BCUT2D eigenvalue weighted by atomic mass is 32.2. The number of rotatable bonds is 3. The lowest BCUT2D eigenvalue weighted by Gasteiger charge is -2.40. The van der Waals surface area contributed by atoms with Crippen LogP contribution in [0.15, 0.2) is 0 Å². The second-order valence-corrected chi connectivity index (χ2v) is 6.84. The van der Waals surface area contributed by atoms with E-state index in [0.717, 1.165) is 49.5 Å². The van der Waals surface area contributed by atoms with Gasteiger partial charge in [-0.25, -0.2) is 0 Å². The van der Waals surface area contributed by atoms with Gasteiger partial charge in [0.15, 0.2) is 0 Å². The van der Waals surface area contributed by atoms with E-state index >= 15 is 0 Å².